The van der Waals surface area contributed by atoms with Crippen molar-refractivity contribution in [2.45, 2.75) is 66.0 Å². The summed E-state index contributed by atoms with van der Waals surface area (Å²) in [6, 6.07) is 12.4. The van der Waals surface area contributed by atoms with Crippen LogP contribution < -0.4 is 9.47 Å². The van der Waals surface area contributed by atoms with Crippen LogP contribution in [-0.4, -0.2) is 59.0 Å². The number of ether oxygens (including phenoxy) is 2. The first kappa shape index (κ1) is 31.8. The molecular weight excluding hydrogens is 645 g/mol. The molecule has 0 fully saturated rings. The van der Waals surface area contributed by atoms with Gasteiger partial charge in [-0.2, -0.15) is 10.2 Å². The lowest BCUT2D eigenvalue weighted by Crippen LogP contribution is -2.04. The Morgan fingerprint density at radius 2 is 1.29 bits per heavy atom. The molecule has 0 atom stereocenters. The van der Waals surface area contributed by atoms with E-state index < -0.39 is 0 Å². The molecule has 11 nitrogen and oxygen atoms in total. The molecule has 0 unspecified atom stereocenters. The minimum Gasteiger partial charge on any atom is -0.492 e. The summed E-state index contributed by atoms with van der Waals surface area (Å²) in [5.41, 5.74) is 5.84. The smallest absolute Gasteiger partial charge is 0.187 e. The maximum Gasteiger partial charge on any atom is 0.187 e. The Bertz CT molecular complexity index is 2090. The summed E-state index contributed by atoms with van der Waals surface area (Å²) in [6.45, 7) is 11.8. The Morgan fingerprint density at radius 1 is 0.771 bits per heavy atom. The molecule has 0 bridgehead atoms. The standard InChI is InChI=1S/C18H20N4OS.C17H16N4O2S/c1-4-12-5-6-13-14(9-12)23-8-7-15-16(13)21-18(24-15)17-19-10-20-22(17)11(2)3;1-10(2)21-16(18-9-19-21)17-20-15-12-4-3-11(8-22)7-13(12)23-6-5-14(15)24-17/h5-6,9-11H,4,7-8H2,1-3H3;3-4,7-10H,5-6H2,1-2H3. The van der Waals surface area contributed by atoms with Gasteiger partial charge in [-0.15, -0.1) is 22.7 Å². The highest BCUT2D eigenvalue weighted by Crippen LogP contribution is 2.42. The zero-order chi connectivity index (χ0) is 33.4. The summed E-state index contributed by atoms with van der Waals surface area (Å²) in [5, 5.41) is 10.4. The molecule has 246 valence electrons. The highest BCUT2D eigenvalue weighted by Gasteiger charge is 2.25. The number of hydrogen-bond acceptors (Lipinski definition) is 11. The van der Waals surface area contributed by atoms with Crippen LogP contribution in [0.2, 0.25) is 0 Å². The van der Waals surface area contributed by atoms with Crippen molar-refractivity contribution in [3.05, 3.63) is 69.9 Å². The lowest BCUT2D eigenvalue weighted by molar-refractivity contribution is 0.112. The number of carbonyl (C=O) groups excluding carboxylic acids is 1. The molecule has 0 saturated carbocycles. The molecule has 8 rings (SSSR count). The summed E-state index contributed by atoms with van der Waals surface area (Å²) in [5.74, 6) is 3.28. The Hall–Kier alpha value is -4.75. The quantitative estimate of drug-likeness (QED) is 0.164. The molecule has 2 aliphatic heterocycles. The van der Waals surface area contributed by atoms with E-state index in [-0.39, 0.29) is 12.1 Å². The van der Waals surface area contributed by atoms with Gasteiger partial charge in [0.15, 0.2) is 21.7 Å². The molecule has 0 saturated heterocycles. The summed E-state index contributed by atoms with van der Waals surface area (Å²) in [4.78, 5) is 32.0. The maximum atomic E-state index is 11.0. The molecule has 0 radical (unpaired) electrons. The molecule has 6 aromatic rings. The van der Waals surface area contributed by atoms with Crippen molar-refractivity contribution in [1.82, 2.24) is 39.5 Å². The van der Waals surface area contributed by atoms with Gasteiger partial charge < -0.3 is 9.47 Å². The highest BCUT2D eigenvalue weighted by molar-refractivity contribution is 7.15. The zero-order valence-corrected chi connectivity index (χ0v) is 29.1. The number of fused-ring (bicyclic) bond motifs is 6. The topological polar surface area (TPSA) is 123 Å². The second kappa shape index (κ2) is 13.4. The number of rotatable bonds is 6. The van der Waals surface area contributed by atoms with Crippen LogP contribution >= 0.6 is 22.7 Å². The first-order valence-corrected chi connectivity index (χ1v) is 17.8. The second-order valence-electron chi connectivity index (χ2n) is 12.1. The lowest BCUT2D eigenvalue weighted by atomic mass is 10.1. The Labute approximate surface area is 286 Å². The Balaban J connectivity index is 0.000000152. The third-order valence-electron chi connectivity index (χ3n) is 8.18. The van der Waals surface area contributed by atoms with Crippen molar-refractivity contribution in [2.24, 2.45) is 0 Å². The molecular formula is C35H36N8O3S2. The van der Waals surface area contributed by atoms with Crippen molar-refractivity contribution in [3.8, 4) is 55.7 Å². The van der Waals surface area contributed by atoms with E-state index in [4.69, 9.17) is 19.4 Å². The summed E-state index contributed by atoms with van der Waals surface area (Å²) < 4.78 is 15.6. The number of nitrogens with zero attached hydrogens (tertiary/aromatic N) is 8. The Morgan fingerprint density at radius 3 is 1.79 bits per heavy atom. The average molecular weight is 681 g/mol. The van der Waals surface area contributed by atoms with Crippen LogP contribution in [0.4, 0.5) is 0 Å². The largest absolute Gasteiger partial charge is 0.492 e. The molecule has 13 heteroatoms. The van der Waals surface area contributed by atoms with Gasteiger partial charge in [0, 0.05) is 51.4 Å². The lowest BCUT2D eigenvalue weighted by Gasteiger charge is -2.09. The number of aromatic nitrogens is 8. The van der Waals surface area contributed by atoms with Crippen LogP contribution in [-0.2, 0) is 19.3 Å². The SMILES string of the molecule is CC(C)n1ncnc1-c1nc2c(s1)CCOc1cc(C=O)ccc1-2.CCc1ccc2c(c1)OCCc1sc(-c3ncnn3C(C)C)nc1-2. The predicted molar refractivity (Wildman–Crippen MR) is 187 cm³/mol. The number of aryl methyl sites for hydroxylation is 1. The molecule has 6 heterocycles. The number of carbonyl (C=O) groups is 1. The van der Waals surface area contributed by atoms with E-state index in [1.54, 1.807) is 47.5 Å². The summed E-state index contributed by atoms with van der Waals surface area (Å²) in [6.07, 6.45) is 6.66. The minimum absolute atomic E-state index is 0.219. The molecule has 4 aromatic heterocycles. The van der Waals surface area contributed by atoms with Gasteiger partial charge >= 0.3 is 0 Å². The fourth-order valence-corrected chi connectivity index (χ4v) is 7.84. The number of benzene rings is 2. The zero-order valence-electron chi connectivity index (χ0n) is 27.5. The van der Waals surface area contributed by atoms with Gasteiger partial charge in [-0.1, -0.05) is 19.1 Å². The van der Waals surface area contributed by atoms with Crippen molar-refractivity contribution in [2.75, 3.05) is 13.2 Å². The van der Waals surface area contributed by atoms with Gasteiger partial charge in [-0.05, 0) is 63.9 Å². The van der Waals surface area contributed by atoms with E-state index in [0.29, 0.717) is 24.5 Å². The maximum absolute atomic E-state index is 11.0. The van der Waals surface area contributed by atoms with Gasteiger partial charge in [0.2, 0.25) is 0 Å². The van der Waals surface area contributed by atoms with Crippen molar-refractivity contribution in [1.29, 1.82) is 0 Å². The third-order valence-corrected chi connectivity index (χ3v) is 10.4. The Kier molecular flexibility index (Phi) is 8.88. The summed E-state index contributed by atoms with van der Waals surface area (Å²) >= 11 is 3.32. The molecule has 0 spiro atoms. The molecule has 0 aliphatic carbocycles. The molecule has 0 N–H and O–H groups in total. The van der Waals surface area contributed by atoms with E-state index in [1.807, 2.05) is 15.4 Å². The van der Waals surface area contributed by atoms with Gasteiger partial charge in [0.25, 0.3) is 0 Å². The number of aldehydes is 1. The third kappa shape index (κ3) is 6.03. The normalized spacial score (nSPS) is 13.2. The fraction of sp³-hybridized carbons (Fsp3) is 0.343. The van der Waals surface area contributed by atoms with E-state index in [9.17, 15) is 4.79 Å². The highest BCUT2D eigenvalue weighted by atomic mass is 32.1. The first-order valence-electron chi connectivity index (χ1n) is 16.1. The van der Waals surface area contributed by atoms with Crippen molar-refractivity contribution >= 4 is 29.0 Å². The van der Waals surface area contributed by atoms with E-state index >= 15 is 0 Å². The fourth-order valence-electron chi connectivity index (χ4n) is 5.75. The van der Waals surface area contributed by atoms with Crippen LogP contribution in [0.3, 0.4) is 0 Å². The van der Waals surface area contributed by atoms with Crippen LogP contribution in [0.25, 0.3) is 44.2 Å². The minimum atomic E-state index is 0.219. The van der Waals surface area contributed by atoms with Crippen molar-refractivity contribution < 1.29 is 14.3 Å². The molecule has 48 heavy (non-hydrogen) atoms. The van der Waals surface area contributed by atoms with Gasteiger partial charge in [-0.3, -0.25) is 4.79 Å². The number of hydrogen-bond donors (Lipinski definition) is 0. The van der Waals surface area contributed by atoms with Crippen LogP contribution in [0.1, 0.15) is 72.4 Å². The van der Waals surface area contributed by atoms with Crippen molar-refractivity contribution in [3.63, 3.8) is 0 Å². The summed E-state index contributed by atoms with van der Waals surface area (Å²) in [7, 11) is 0. The van der Waals surface area contributed by atoms with Crippen LogP contribution in [0.5, 0.6) is 11.5 Å². The van der Waals surface area contributed by atoms with E-state index in [1.165, 1.54) is 15.3 Å². The average Bonchev–Trinajstić information content (AvgIpc) is 3.89. The number of thiazole rings is 2. The van der Waals surface area contributed by atoms with Gasteiger partial charge in [0.1, 0.15) is 30.4 Å². The van der Waals surface area contributed by atoms with E-state index in [2.05, 4.69) is 73.0 Å². The molecule has 0 amide bonds. The molecule has 2 aliphatic rings. The van der Waals surface area contributed by atoms with Gasteiger partial charge in [0.05, 0.1) is 24.6 Å². The first-order chi connectivity index (χ1) is 23.3. The van der Waals surface area contributed by atoms with Crippen LogP contribution in [0, 0.1) is 0 Å². The van der Waals surface area contributed by atoms with Gasteiger partial charge in [-0.25, -0.2) is 29.3 Å². The predicted octanol–water partition coefficient (Wildman–Crippen LogP) is 7.54. The second-order valence-corrected chi connectivity index (χ2v) is 14.2. The monoisotopic (exact) mass is 680 g/mol. The van der Waals surface area contributed by atoms with Crippen LogP contribution in [0.15, 0.2) is 49.1 Å². The molecule has 2 aromatic carbocycles. The van der Waals surface area contributed by atoms with E-state index in [0.717, 1.165) is 75.5 Å².